The number of anilines is 1. The topological polar surface area (TPSA) is 163 Å². The first-order valence-corrected chi connectivity index (χ1v) is 15.6. The standard InChI is InChI=1S/C31H35FN6O7/c1-29-11-30(12-29,14-44-29)23(35-28(42)43-2)26(40)37-10-18-15-6-17(19(32)7-15)21(18)22(37)25(39)38-13-31(8-16(38)9-33)27(41)36-24-20(45-31)4-3-5-34-24/h3-5,15-19,21-23H,6-8,10-14H2,1-2H3,(H,35,42)(H,34,36,41)/t15-,16?,17+,18+,19+,21-,22-,23-,29?,30?,31+/m0/s1. The summed E-state index contributed by atoms with van der Waals surface area (Å²) in [5.74, 6) is -1.79. The summed E-state index contributed by atoms with van der Waals surface area (Å²) < 4.78 is 32.3. The average molecular weight is 623 g/mol. The predicted molar refractivity (Wildman–Crippen MR) is 151 cm³/mol. The van der Waals surface area contributed by atoms with Crippen molar-refractivity contribution in [3.05, 3.63) is 18.3 Å². The SMILES string of the molecule is COC(=O)N[C@@H](C(=O)N1C[C@@H]2[C@H]3C[C@@H]([C@@H]2[C@H]1C(=O)N1C[C@@]2(CC1C#N)Oc1cccnc1NC2=O)[C@H](F)C3)C12COC(C)(C1)C2. The van der Waals surface area contributed by atoms with Crippen molar-refractivity contribution < 1.29 is 37.8 Å². The monoisotopic (exact) mass is 622 g/mol. The summed E-state index contributed by atoms with van der Waals surface area (Å²) in [5, 5.41) is 15.7. The highest BCUT2D eigenvalue weighted by Crippen LogP contribution is 2.62. The van der Waals surface area contributed by atoms with E-state index in [-0.39, 0.29) is 49.4 Å². The molecule has 1 unspecified atom stereocenters. The van der Waals surface area contributed by atoms with Crippen molar-refractivity contribution in [3.63, 3.8) is 0 Å². The summed E-state index contributed by atoms with van der Waals surface area (Å²) in [6.07, 6.45) is 1.74. The van der Waals surface area contributed by atoms with E-state index in [2.05, 4.69) is 21.7 Å². The van der Waals surface area contributed by atoms with Crippen LogP contribution in [0.5, 0.6) is 5.75 Å². The quantitative estimate of drug-likeness (QED) is 0.505. The van der Waals surface area contributed by atoms with E-state index in [1.807, 2.05) is 6.92 Å². The Hall–Kier alpha value is -3.99. The van der Waals surface area contributed by atoms with Crippen LogP contribution in [0.4, 0.5) is 15.0 Å². The van der Waals surface area contributed by atoms with Crippen molar-refractivity contribution in [2.75, 3.05) is 32.1 Å². The van der Waals surface area contributed by atoms with Gasteiger partial charge in [0.1, 0.15) is 24.3 Å². The number of nitrogens with one attached hydrogen (secondary N) is 2. The maximum atomic E-state index is 15.3. The molecule has 2 N–H and O–H groups in total. The third kappa shape index (κ3) is 3.95. The van der Waals surface area contributed by atoms with Crippen LogP contribution in [-0.2, 0) is 23.9 Å². The van der Waals surface area contributed by atoms with Gasteiger partial charge in [0.25, 0.3) is 5.91 Å². The van der Waals surface area contributed by atoms with Crippen LogP contribution in [0, 0.1) is 40.4 Å². The van der Waals surface area contributed by atoms with Crippen LogP contribution in [0.25, 0.3) is 0 Å². The normalized spacial score (nSPS) is 42.3. The highest BCUT2D eigenvalue weighted by Gasteiger charge is 2.69. The van der Waals surface area contributed by atoms with Gasteiger partial charge in [-0.1, -0.05) is 0 Å². The Labute approximate surface area is 258 Å². The summed E-state index contributed by atoms with van der Waals surface area (Å²) >= 11 is 0. The first kappa shape index (κ1) is 28.5. The number of ether oxygens (including phenoxy) is 3. The van der Waals surface area contributed by atoms with Gasteiger partial charge in [-0.05, 0) is 68.4 Å². The molecule has 0 radical (unpaired) electrons. The highest BCUT2D eigenvalue weighted by atomic mass is 19.1. The Morgan fingerprint density at radius 1 is 1.27 bits per heavy atom. The molecule has 4 bridgehead atoms. The van der Waals surface area contributed by atoms with Crippen molar-refractivity contribution in [2.45, 2.75) is 74.5 Å². The molecule has 238 valence electrons. The second-order valence-corrected chi connectivity index (χ2v) is 14.3. The number of pyridine rings is 1. The zero-order valence-electron chi connectivity index (χ0n) is 25.0. The fourth-order valence-corrected chi connectivity index (χ4v) is 9.99. The third-order valence-electron chi connectivity index (χ3n) is 11.8. The number of halogens is 1. The molecule has 14 heteroatoms. The van der Waals surface area contributed by atoms with Gasteiger partial charge in [0, 0.05) is 24.6 Å². The van der Waals surface area contributed by atoms with Gasteiger partial charge in [-0.15, -0.1) is 0 Å². The van der Waals surface area contributed by atoms with Crippen molar-refractivity contribution in [1.82, 2.24) is 20.1 Å². The van der Waals surface area contributed by atoms with Gasteiger partial charge >= 0.3 is 6.09 Å². The minimum Gasteiger partial charge on any atom is -0.472 e. The Balaban J connectivity index is 1.14. The Morgan fingerprint density at radius 3 is 2.78 bits per heavy atom. The number of nitriles is 1. The number of amides is 4. The maximum absolute atomic E-state index is 15.3. The lowest BCUT2D eigenvalue weighted by molar-refractivity contribution is -0.150. The molecule has 9 rings (SSSR count). The second-order valence-electron chi connectivity index (χ2n) is 14.3. The molecule has 4 saturated heterocycles. The lowest BCUT2D eigenvalue weighted by atomic mass is 9.59. The van der Waals surface area contributed by atoms with E-state index < -0.39 is 71.0 Å². The number of nitrogens with zero attached hydrogens (tertiary/aromatic N) is 4. The van der Waals surface area contributed by atoms with Gasteiger partial charge in [-0.3, -0.25) is 14.4 Å². The predicted octanol–water partition coefficient (Wildman–Crippen LogP) is 1.39. The van der Waals surface area contributed by atoms with Gasteiger partial charge in [0.05, 0.1) is 31.9 Å². The Kier molecular flexibility index (Phi) is 6.02. The molecule has 6 heterocycles. The van der Waals surface area contributed by atoms with Crippen LogP contribution in [0.15, 0.2) is 18.3 Å². The van der Waals surface area contributed by atoms with Crippen LogP contribution < -0.4 is 15.4 Å². The number of hydrogen-bond donors (Lipinski definition) is 2. The van der Waals surface area contributed by atoms with E-state index in [4.69, 9.17) is 14.2 Å². The number of fused-ring (bicyclic) bond motifs is 7. The van der Waals surface area contributed by atoms with E-state index >= 15 is 4.39 Å². The first-order chi connectivity index (χ1) is 21.5. The van der Waals surface area contributed by atoms with E-state index in [1.54, 1.807) is 12.1 Å². The molecule has 9 atom stereocenters. The van der Waals surface area contributed by atoms with Gasteiger partial charge in [0.2, 0.25) is 17.4 Å². The van der Waals surface area contributed by atoms with Crippen LogP contribution in [0.1, 0.15) is 39.0 Å². The number of alkyl halides is 1. The van der Waals surface area contributed by atoms with E-state index in [0.29, 0.717) is 31.4 Å². The molecule has 7 fully saturated rings. The molecule has 1 aromatic rings. The molecule has 3 aliphatic carbocycles. The largest absolute Gasteiger partial charge is 0.472 e. The summed E-state index contributed by atoms with van der Waals surface area (Å²) in [6.45, 7) is 2.27. The second kappa shape index (κ2) is 9.51. The van der Waals surface area contributed by atoms with Gasteiger partial charge < -0.3 is 34.6 Å². The number of carbonyl (C=O) groups excluding carboxylic acids is 4. The average Bonchev–Trinajstić information content (AvgIpc) is 3.84. The fourth-order valence-electron chi connectivity index (χ4n) is 9.99. The number of methoxy groups -OCH3 is 1. The molecular formula is C31H35FN6O7. The van der Waals surface area contributed by atoms with Gasteiger partial charge in [-0.2, -0.15) is 5.26 Å². The van der Waals surface area contributed by atoms with Crippen LogP contribution in [0.3, 0.4) is 0 Å². The Morgan fingerprint density at radius 2 is 2.07 bits per heavy atom. The number of alkyl carbamates (subject to hydrolysis) is 1. The van der Waals surface area contributed by atoms with Gasteiger partial charge in [0.15, 0.2) is 11.6 Å². The smallest absolute Gasteiger partial charge is 0.407 e. The van der Waals surface area contributed by atoms with E-state index in [1.165, 1.54) is 23.1 Å². The highest BCUT2D eigenvalue weighted by molar-refractivity contribution is 6.01. The summed E-state index contributed by atoms with van der Waals surface area (Å²) in [6, 6.07) is 2.38. The first-order valence-electron chi connectivity index (χ1n) is 15.6. The van der Waals surface area contributed by atoms with Crippen molar-refractivity contribution in [3.8, 4) is 11.8 Å². The van der Waals surface area contributed by atoms with E-state index in [9.17, 15) is 24.4 Å². The molecule has 8 aliphatic rings. The fraction of sp³-hybridized carbons (Fsp3) is 0.677. The number of hydrogen-bond acceptors (Lipinski definition) is 9. The number of likely N-dealkylation sites (tertiary alicyclic amines) is 2. The zero-order chi connectivity index (χ0) is 31.5. The molecule has 1 spiro atoms. The number of rotatable bonds is 4. The number of carbonyl (C=O) groups is 4. The molecule has 5 aliphatic heterocycles. The van der Waals surface area contributed by atoms with Crippen molar-refractivity contribution in [2.24, 2.45) is 29.1 Å². The lowest BCUT2D eigenvalue weighted by Gasteiger charge is -2.47. The van der Waals surface area contributed by atoms with Gasteiger partial charge in [-0.25, -0.2) is 14.2 Å². The van der Waals surface area contributed by atoms with Crippen molar-refractivity contribution in [1.29, 1.82) is 5.26 Å². The van der Waals surface area contributed by atoms with Crippen molar-refractivity contribution >= 4 is 29.6 Å². The summed E-state index contributed by atoms with van der Waals surface area (Å²) in [7, 11) is 1.22. The maximum Gasteiger partial charge on any atom is 0.407 e. The van der Waals surface area contributed by atoms with Crippen LogP contribution in [0.2, 0.25) is 0 Å². The minimum absolute atomic E-state index is 0.0308. The molecule has 3 saturated carbocycles. The lowest BCUT2D eigenvalue weighted by Crippen LogP contribution is -2.64. The van der Waals surface area contributed by atoms with Crippen LogP contribution in [-0.4, -0.2) is 101 Å². The summed E-state index contributed by atoms with van der Waals surface area (Å²) in [5.41, 5.74) is -2.57. The molecule has 4 amide bonds. The molecule has 0 aromatic carbocycles. The molecule has 13 nitrogen and oxygen atoms in total. The molecular weight excluding hydrogens is 587 g/mol. The summed E-state index contributed by atoms with van der Waals surface area (Å²) in [4.78, 5) is 62.2. The molecule has 45 heavy (non-hydrogen) atoms. The minimum atomic E-state index is -1.53. The Bertz CT molecular complexity index is 1540. The molecule has 1 aromatic heterocycles. The third-order valence-corrected chi connectivity index (χ3v) is 11.8. The van der Waals surface area contributed by atoms with Crippen LogP contribution >= 0.6 is 0 Å². The zero-order valence-corrected chi connectivity index (χ0v) is 25.0. The number of aromatic nitrogens is 1. The van der Waals surface area contributed by atoms with E-state index in [0.717, 1.165) is 0 Å².